The van der Waals surface area contributed by atoms with E-state index in [2.05, 4.69) is 18.7 Å². The summed E-state index contributed by atoms with van der Waals surface area (Å²) in [4.78, 5) is 2.29. The number of para-hydroxylation sites is 1. The van der Waals surface area contributed by atoms with Gasteiger partial charge in [0.15, 0.2) is 0 Å². The van der Waals surface area contributed by atoms with Gasteiger partial charge in [-0.1, -0.05) is 26.0 Å². The Morgan fingerprint density at radius 3 is 2.85 bits per heavy atom. The average Bonchev–Trinajstić information content (AvgIpc) is 2.47. The van der Waals surface area contributed by atoms with Gasteiger partial charge in [0.1, 0.15) is 5.82 Å². The quantitative estimate of drug-likeness (QED) is 0.885. The van der Waals surface area contributed by atoms with E-state index in [0.29, 0.717) is 6.04 Å². The maximum absolute atomic E-state index is 14.4. The molecule has 2 rings (SSSR count). The zero-order valence-corrected chi connectivity index (χ0v) is 12.7. The molecule has 1 aromatic rings. The van der Waals surface area contributed by atoms with Crippen molar-refractivity contribution in [2.24, 2.45) is 5.73 Å². The highest BCUT2D eigenvalue weighted by atomic mass is 19.1. The molecular weight excluding hydrogens is 251 g/mol. The van der Waals surface area contributed by atoms with E-state index in [1.165, 1.54) is 12.8 Å². The largest absolute Gasteiger partial charge is 0.366 e. The lowest BCUT2D eigenvalue weighted by Gasteiger charge is -2.38. The summed E-state index contributed by atoms with van der Waals surface area (Å²) in [7, 11) is 0. The highest BCUT2D eigenvalue weighted by molar-refractivity contribution is 5.56. The van der Waals surface area contributed by atoms with Crippen LogP contribution in [0.25, 0.3) is 0 Å². The molecule has 112 valence electrons. The standard InChI is InChI=1S/C17H27FN2/c1-3-14(19)12-13-8-7-10-16(18)17(13)20-11-6-5-9-15(20)4-2/h7-8,10,14-15H,3-6,9,11-12,19H2,1-2H3. The molecule has 2 atom stereocenters. The van der Waals surface area contributed by atoms with E-state index in [1.807, 2.05) is 6.07 Å². The monoisotopic (exact) mass is 278 g/mol. The number of hydrogen-bond acceptors (Lipinski definition) is 2. The normalized spacial score (nSPS) is 21.0. The lowest BCUT2D eigenvalue weighted by Crippen LogP contribution is -2.40. The summed E-state index contributed by atoms with van der Waals surface area (Å²) in [5.74, 6) is -0.0915. The van der Waals surface area contributed by atoms with Gasteiger partial charge >= 0.3 is 0 Å². The van der Waals surface area contributed by atoms with Gasteiger partial charge in [0.05, 0.1) is 5.69 Å². The topological polar surface area (TPSA) is 29.3 Å². The van der Waals surface area contributed by atoms with Crippen molar-refractivity contribution < 1.29 is 4.39 Å². The average molecular weight is 278 g/mol. The lowest BCUT2D eigenvalue weighted by atomic mass is 9.95. The van der Waals surface area contributed by atoms with Crippen LogP contribution in [-0.4, -0.2) is 18.6 Å². The first-order chi connectivity index (χ1) is 9.67. The molecule has 2 N–H and O–H groups in total. The van der Waals surface area contributed by atoms with Crippen molar-refractivity contribution in [2.75, 3.05) is 11.4 Å². The highest BCUT2D eigenvalue weighted by Gasteiger charge is 2.25. The first-order valence-electron chi connectivity index (χ1n) is 7.97. The van der Waals surface area contributed by atoms with E-state index in [9.17, 15) is 4.39 Å². The minimum absolute atomic E-state index is 0.0915. The minimum atomic E-state index is -0.0915. The van der Waals surface area contributed by atoms with Gasteiger partial charge in [-0.3, -0.25) is 0 Å². The van der Waals surface area contributed by atoms with E-state index in [-0.39, 0.29) is 11.9 Å². The maximum atomic E-state index is 14.4. The summed E-state index contributed by atoms with van der Waals surface area (Å²) in [5.41, 5.74) is 7.96. The van der Waals surface area contributed by atoms with E-state index in [4.69, 9.17) is 5.73 Å². The van der Waals surface area contributed by atoms with Crippen molar-refractivity contribution in [2.45, 2.75) is 64.5 Å². The molecule has 0 aromatic heterocycles. The maximum Gasteiger partial charge on any atom is 0.146 e. The van der Waals surface area contributed by atoms with Crippen molar-refractivity contribution in [3.63, 3.8) is 0 Å². The van der Waals surface area contributed by atoms with Gasteiger partial charge in [0, 0.05) is 18.6 Å². The molecule has 1 aromatic carbocycles. The zero-order valence-electron chi connectivity index (χ0n) is 12.7. The Morgan fingerprint density at radius 2 is 2.15 bits per heavy atom. The SMILES string of the molecule is CCC(N)Cc1cccc(F)c1N1CCCCC1CC. The number of rotatable bonds is 5. The van der Waals surface area contributed by atoms with Crippen LogP contribution in [0.1, 0.15) is 51.5 Å². The van der Waals surface area contributed by atoms with Crippen LogP contribution < -0.4 is 10.6 Å². The molecule has 0 bridgehead atoms. The molecular formula is C17H27FN2. The molecule has 2 unspecified atom stereocenters. The smallest absolute Gasteiger partial charge is 0.146 e. The molecule has 1 saturated heterocycles. The van der Waals surface area contributed by atoms with Crippen LogP contribution >= 0.6 is 0 Å². The van der Waals surface area contributed by atoms with Crippen molar-refractivity contribution in [3.05, 3.63) is 29.6 Å². The van der Waals surface area contributed by atoms with Crippen LogP contribution in [0.5, 0.6) is 0 Å². The van der Waals surface area contributed by atoms with Crippen LogP contribution in [0.4, 0.5) is 10.1 Å². The summed E-state index contributed by atoms with van der Waals surface area (Å²) < 4.78 is 14.4. The molecule has 0 saturated carbocycles. The second kappa shape index (κ2) is 7.07. The summed E-state index contributed by atoms with van der Waals surface area (Å²) in [5, 5.41) is 0. The molecule has 1 heterocycles. The van der Waals surface area contributed by atoms with Gasteiger partial charge in [-0.05, 0) is 50.2 Å². The third-order valence-corrected chi connectivity index (χ3v) is 4.46. The second-order valence-electron chi connectivity index (χ2n) is 5.87. The minimum Gasteiger partial charge on any atom is -0.366 e. The van der Waals surface area contributed by atoms with Crippen molar-refractivity contribution >= 4 is 5.69 Å². The van der Waals surface area contributed by atoms with Gasteiger partial charge in [-0.15, -0.1) is 0 Å². The van der Waals surface area contributed by atoms with E-state index in [1.54, 1.807) is 12.1 Å². The number of halogens is 1. The van der Waals surface area contributed by atoms with Gasteiger partial charge < -0.3 is 10.6 Å². The molecule has 0 aliphatic carbocycles. The van der Waals surface area contributed by atoms with Crippen LogP contribution in [-0.2, 0) is 6.42 Å². The fourth-order valence-electron chi connectivity index (χ4n) is 3.19. The van der Waals surface area contributed by atoms with E-state index in [0.717, 1.165) is 43.5 Å². The van der Waals surface area contributed by atoms with Gasteiger partial charge in [0.2, 0.25) is 0 Å². The molecule has 1 aliphatic rings. The summed E-state index contributed by atoms with van der Waals surface area (Å²) in [6.07, 6.45) is 6.35. The number of nitrogens with zero attached hydrogens (tertiary/aromatic N) is 1. The number of nitrogens with two attached hydrogens (primary N) is 1. The second-order valence-corrected chi connectivity index (χ2v) is 5.87. The first kappa shape index (κ1) is 15.3. The number of piperidine rings is 1. The van der Waals surface area contributed by atoms with Crippen molar-refractivity contribution in [3.8, 4) is 0 Å². The van der Waals surface area contributed by atoms with E-state index >= 15 is 0 Å². The van der Waals surface area contributed by atoms with Crippen molar-refractivity contribution in [1.29, 1.82) is 0 Å². The fourth-order valence-corrected chi connectivity index (χ4v) is 3.19. The van der Waals surface area contributed by atoms with Crippen LogP contribution in [0.3, 0.4) is 0 Å². The Morgan fingerprint density at radius 1 is 1.35 bits per heavy atom. The fraction of sp³-hybridized carbons (Fsp3) is 0.647. The third kappa shape index (κ3) is 3.32. The summed E-state index contributed by atoms with van der Waals surface area (Å²) >= 11 is 0. The Balaban J connectivity index is 2.32. The molecule has 0 radical (unpaired) electrons. The number of hydrogen-bond donors (Lipinski definition) is 1. The number of benzene rings is 1. The van der Waals surface area contributed by atoms with Gasteiger partial charge in [0.25, 0.3) is 0 Å². The number of anilines is 1. The van der Waals surface area contributed by atoms with Crippen LogP contribution in [0.2, 0.25) is 0 Å². The summed E-state index contributed by atoms with van der Waals surface area (Å²) in [6, 6.07) is 6.01. The molecule has 3 heteroatoms. The lowest BCUT2D eigenvalue weighted by molar-refractivity contribution is 0.441. The zero-order chi connectivity index (χ0) is 14.5. The summed E-state index contributed by atoms with van der Waals surface area (Å²) in [6.45, 7) is 5.24. The molecule has 20 heavy (non-hydrogen) atoms. The highest BCUT2D eigenvalue weighted by Crippen LogP contribution is 2.32. The first-order valence-corrected chi connectivity index (χ1v) is 7.97. The third-order valence-electron chi connectivity index (χ3n) is 4.46. The van der Waals surface area contributed by atoms with Gasteiger partial charge in [-0.25, -0.2) is 4.39 Å². The Bertz CT molecular complexity index is 433. The Labute approximate surface area is 122 Å². The molecule has 1 fully saturated rings. The van der Waals surface area contributed by atoms with Crippen LogP contribution in [0.15, 0.2) is 18.2 Å². The van der Waals surface area contributed by atoms with Gasteiger partial charge in [-0.2, -0.15) is 0 Å². The molecule has 2 nitrogen and oxygen atoms in total. The molecule has 0 spiro atoms. The Kier molecular flexibility index (Phi) is 5.41. The predicted octanol–water partition coefficient (Wildman–Crippen LogP) is 3.87. The van der Waals surface area contributed by atoms with Crippen molar-refractivity contribution in [1.82, 2.24) is 0 Å². The molecule has 1 aliphatic heterocycles. The van der Waals surface area contributed by atoms with Crippen LogP contribution in [0, 0.1) is 5.82 Å². The predicted molar refractivity (Wildman–Crippen MR) is 83.6 cm³/mol. The Hall–Kier alpha value is -1.09. The van der Waals surface area contributed by atoms with E-state index < -0.39 is 0 Å². The molecule has 0 amide bonds.